The van der Waals surface area contributed by atoms with Crippen molar-refractivity contribution in [1.29, 1.82) is 0 Å². The van der Waals surface area contributed by atoms with Crippen molar-refractivity contribution in [1.82, 2.24) is 15.2 Å². The molecular formula is C13H17N5O. The fourth-order valence-electron chi connectivity index (χ4n) is 1.70. The van der Waals surface area contributed by atoms with E-state index in [0.717, 1.165) is 17.8 Å². The zero-order valence-corrected chi connectivity index (χ0v) is 11.0. The summed E-state index contributed by atoms with van der Waals surface area (Å²) < 4.78 is 0. The highest BCUT2D eigenvalue weighted by molar-refractivity contribution is 5.99. The lowest BCUT2D eigenvalue weighted by molar-refractivity contribution is 0.262. The number of rotatable bonds is 4. The minimum atomic E-state index is -0.317. The van der Waals surface area contributed by atoms with Crippen molar-refractivity contribution in [2.75, 3.05) is 10.6 Å². The lowest BCUT2D eigenvalue weighted by atomic mass is 10.1. The first-order valence-electron chi connectivity index (χ1n) is 6.16. The Morgan fingerprint density at radius 1 is 1.32 bits per heavy atom. The smallest absolute Gasteiger partial charge is 0.306 e. The highest BCUT2D eigenvalue weighted by Gasteiger charge is 2.09. The van der Waals surface area contributed by atoms with E-state index >= 15 is 0 Å². The lowest BCUT2D eigenvalue weighted by Crippen LogP contribution is -2.21. The third-order valence-electron chi connectivity index (χ3n) is 2.49. The standard InChI is InChI=1S/C13H17N5O/c1-9(2)8-11-10(4-3-6-14-11)16-13(19)17-12-5-7-15-18-12/h3-7,9H,8H2,1-2H3,(H3,15,16,17,18,19). The molecule has 2 amide bonds. The Morgan fingerprint density at radius 3 is 2.84 bits per heavy atom. The first kappa shape index (κ1) is 13.1. The molecule has 0 aliphatic heterocycles. The van der Waals surface area contributed by atoms with Crippen LogP contribution < -0.4 is 10.6 Å². The quantitative estimate of drug-likeness (QED) is 0.789. The molecule has 6 heteroatoms. The van der Waals surface area contributed by atoms with Gasteiger partial charge in [0.25, 0.3) is 0 Å². The number of carbonyl (C=O) groups is 1. The van der Waals surface area contributed by atoms with E-state index in [1.54, 1.807) is 24.5 Å². The van der Waals surface area contributed by atoms with Crippen molar-refractivity contribution < 1.29 is 4.79 Å². The van der Waals surface area contributed by atoms with Crippen LogP contribution in [-0.2, 0) is 6.42 Å². The van der Waals surface area contributed by atoms with E-state index in [4.69, 9.17) is 0 Å². The number of hydrogen-bond acceptors (Lipinski definition) is 3. The number of H-pyrrole nitrogens is 1. The zero-order chi connectivity index (χ0) is 13.7. The molecule has 2 heterocycles. The predicted octanol–water partition coefficient (Wildman–Crippen LogP) is 2.65. The largest absolute Gasteiger partial charge is 0.324 e. The van der Waals surface area contributed by atoms with Crippen molar-refractivity contribution in [3.05, 3.63) is 36.3 Å². The molecule has 19 heavy (non-hydrogen) atoms. The molecule has 0 saturated carbocycles. The summed E-state index contributed by atoms with van der Waals surface area (Å²) in [6.45, 7) is 4.23. The third kappa shape index (κ3) is 3.80. The molecule has 100 valence electrons. The molecule has 2 aromatic heterocycles. The molecule has 6 nitrogen and oxygen atoms in total. The van der Waals surface area contributed by atoms with Crippen LogP contribution in [0.1, 0.15) is 19.5 Å². The maximum atomic E-state index is 11.8. The van der Waals surface area contributed by atoms with Gasteiger partial charge in [0.15, 0.2) is 0 Å². The summed E-state index contributed by atoms with van der Waals surface area (Å²) in [6.07, 6.45) is 4.13. The van der Waals surface area contributed by atoms with Gasteiger partial charge in [0.05, 0.1) is 17.6 Å². The third-order valence-corrected chi connectivity index (χ3v) is 2.49. The Hall–Kier alpha value is -2.37. The average Bonchev–Trinajstić information content (AvgIpc) is 2.83. The summed E-state index contributed by atoms with van der Waals surface area (Å²) >= 11 is 0. The fraction of sp³-hybridized carbons (Fsp3) is 0.308. The number of urea groups is 1. The Labute approximate surface area is 111 Å². The molecule has 0 spiro atoms. The molecule has 0 fully saturated rings. The molecule has 0 aliphatic rings. The number of pyridine rings is 1. The van der Waals surface area contributed by atoms with Crippen LogP contribution in [-0.4, -0.2) is 21.2 Å². The van der Waals surface area contributed by atoms with E-state index < -0.39 is 0 Å². The van der Waals surface area contributed by atoms with E-state index in [-0.39, 0.29) is 6.03 Å². The highest BCUT2D eigenvalue weighted by atomic mass is 16.2. The number of nitrogens with zero attached hydrogens (tertiary/aromatic N) is 2. The summed E-state index contributed by atoms with van der Waals surface area (Å²) in [5.74, 6) is 1.03. The van der Waals surface area contributed by atoms with Gasteiger partial charge in [-0.05, 0) is 24.5 Å². The van der Waals surface area contributed by atoms with Crippen LogP contribution in [0.4, 0.5) is 16.3 Å². The van der Waals surface area contributed by atoms with Gasteiger partial charge < -0.3 is 5.32 Å². The second-order valence-corrected chi connectivity index (χ2v) is 4.65. The summed E-state index contributed by atoms with van der Waals surface area (Å²) in [7, 11) is 0. The molecule has 0 aromatic carbocycles. The SMILES string of the molecule is CC(C)Cc1ncccc1NC(=O)Nc1ccn[nH]1. The molecule has 0 saturated heterocycles. The fourth-order valence-corrected chi connectivity index (χ4v) is 1.70. The molecular weight excluding hydrogens is 242 g/mol. The summed E-state index contributed by atoms with van der Waals surface area (Å²) in [6, 6.07) is 5.01. The second-order valence-electron chi connectivity index (χ2n) is 4.65. The lowest BCUT2D eigenvalue weighted by Gasteiger charge is -2.11. The Balaban J connectivity index is 2.04. The van der Waals surface area contributed by atoms with Gasteiger partial charge in [-0.1, -0.05) is 13.8 Å². The topological polar surface area (TPSA) is 82.7 Å². The van der Waals surface area contributed by atoms with Gasteiger partial charge in [0.2, 0.25) is 0 Å². The first-order valence-corrected chi connectivity index (χ1v) is 6.16. The maximum absolute atomic E-state index is 11.8. The van der Waals surface area contributed by atoms with Gasteiger partial charge in [0.1, 0.15) is 5.82 Å². The number of amides is 2. The van der Waals surface area contributed by atoms with E-state index in [9.17, 15) is 4.79 Å². The molecule has 0 atom stereocenters. The molecule has 0 bridgehead atoms. The Bertz CT molecular complexity index is 536. The molecule has 0 radical (unpaired) electrons. The Morgan fingerprint density at radius 2 is 2.16 bits per heavy atom. The van der Waals surface area contributed by atoms with Gasteiger partial charge >= 0.3 is 6.03 Å². The van der Waals surface area contributed by atoms with E-state index in [0.29, 0.717) is 11.7 Å². The van der Waals surface area contributed by atoms with Gasteiger partial charge in [-0.15, -0.1) is 0 Å². The predicted molar refractivity (Wildman–Crippen MR) is 74.0 cm³/mol. The van der Waals surface area contributed by atoms with E-state index in [2.05, 4.69) is 39.7 Å². The number of aromatic amines is 1. The number of anilines is 2. The van der Waals surface area contributed by atoms with Crippen LogP contribution in [0.2, 0.25) is 0 Å². The van der Waals surface area contributed by atoms with Gasteiger partial charge in [0, 0.05) is 12.3 Å². The second kappa shape index (κ2) is 5.99. The van der Waals surface area contributed by atoms with Gasteiger partial charge in [-0.3, -0.25) is 15.4 Å². The molecule has 0 unspecified atom stereocenters. The van der Waals surface area contributed by atoms with Gasteiger partial charge in [-0.25, -0.2) is 4.79 Å². The normalized spacial score (nSPS) is 10.5. The Kier molecular flexibility index (Phi) is 4.12. The minimum Gasteiger partial charge on any atom is -0.306 e. The monoisotopic (exact) mass is 259 g/mol. The molecule has 2 aromatic rings. The highest BCUT2D eigenvalue weighted by Crippen LogP contribution is 2.16. The van der Waals surface area contributed by atoms with Crippen LogP contribution in [0.3, 0.4) is 0 Å². The number of aromatic nitrogens is 3. The summed E-state index contributed by atoms with van der Waals surface area (Å²) in [4.78, 5) is 16.1. The van der Waals surface area contributed by atoms with Crippen molar-refractivity contribution in [3.63, 3.8) is 0 Å². The van der Waals surface area contributed by atoms with Gasteiger partial charge in [-0.2, -0.15) is 5.10 Å². The number of carbonyl (C=O) groups excluding carboxylic acids is 1. The number of hydrogen-bond donors (Lipinski definition) is 3. The van der Waals surface area contributed by atoms with Crippen LogP contribution >= 0.6 is 0 Å². The van der Waals surface area contributed by atoms with E-state index in [1.165, 1.54) is 0 Å². The minimum absolute atomic E-state index is 0.317. The van der Waals surface area contributed by atoms with Crippen molar-refractivity contribution >= 4 is 17.5 Å². The molecule has 0 aliphatic carbocycles. The van der Waals surface area contributed by atoms with E-state index in [1.807, 2.05) is 6.07 Å². The number of nitrogens with one attached hydrogen (secondary N) is 3. The van der Waals surface area contributed by atoms with Crippen molar-refractivity contribution in [2.45, 2.75) is 20.3 Å². The van der Waals surface area contributed by atoms with Crippen LogP contribution in [0.15, 0.2) is 30.6 Å². The van der Waals surface area contributed by atoms with Crippen LogP contribution in [0.5, 0.6) is 0 Å². The average molecular weight is 259 g/mol. The summed E-state index contributed by atoms with van der Waals surface area (Å²) in [5.41, 5.74) is 1.62. The first-order chi connectivity index (χ1) is 9.15. The molecule has 2 rings (SSSR count). The zero-order valence-electron chi connectivity index (χ0n) is 11.0. The van der Waals surface area contributed by atoms with Crippen molar-refractivity contribution in [3.8, 4) is 0 Å². The van der Waals surface area contributed by atoms with Crippen LogP contribution in [0.25, 0.3) is 0 Å². The summed E-state index contributed by atoms with van der Waals surface area (Å²) in [5, 5.41) is 11.9. The molecule has 3 N–H and O–H groups in total. The maximum Gasteiger partial charge on any atom is 0.324 e. The van der Waals surface area contributed by atoms with Crippen molar-refractivity contribution in [2.24, 2.45) is 5.92 Å². The van der Waals surface area contributed by atoms with Crippen LogP contribution in [0, 0.1) is 5.92 Å².